The molecule has 0 amide bonds. The average molecular weight is 214 g/mol. The Morgan fingerprint density at radius 3 is 2.64 bits per heavy atom. The zero-order valence-electron chi connectivity index (χ0n) is 8.23. The van der Waals surface area contributed by atoms with Gasteiger partial charge in [-0.15, -0.1) is 11.3 Å². The Kier molecular flexibility index (Phi) is 3.66. The summed E-state index contributed by atoms with van der Waals surface area (Å²) in [7, 11) is 0. The second-order valence-electron chi connectivity index (χ2n) is 3.23. The lowest BCUT2D eigenvalue weighted by atomic mass is 10.0. The maximum absolute atomic E-state index is 10.6. The van der Waals surface area contributed by atoms with Crippen LogP contribution in [0.1, 0.15) is 29.7 Å². The van der Waals surface area contributed by atoms with Crippen LogP contribution in [0, 0.1) is 5.92 Å². The smallest absolute Gasteiger partial charge is 0.309 e. The molecule has 0 aromatic carbocycles. The molecule has 14 heavy (non-hydrogen) atoms. The van der Waals surface area contributed by atoms with Gasteiger partial charge in [-0.3, -0.25) is 4.79 Å². The van der Waals surface area contributed by atoms with E-state index in [4.69, 9.17) is 5.11 Å². The number of rotatable bonds is 4. The molecule has 0 radical (unpaired) electrons. The Bertz CT molecular complexity index is 319. The van der Waals surface area contributed by atoms with Gasteiger partial charge in [0.15, 0.2) is 0 Å². The monoisotopic (exact) mass is 214 g/mol. The number of aliphatic carboxylic acids is 1. The standard InChI is InChI=1S/C10H14O3S/c1-3-7-4-5-8(14-7)9(11)6(2)10(12)13/h4-6,9,11H,3H2,1-2H3,(H,12,13). The molecule has 2 unspecified atom stereocenters. The van der Waals surface area contributed by atoms with Gasteiger partial charge in [-0.1, -0.05) is 6.92 Å². The van der Waals surface area contributed by atoms with Crippen molar-refractivity contribution in [3.8, 4) is 0 Å². The molecule has 1 heterocycles. The van der Waals surface area contributed by atoms with E-state index in [-0.39, 0.29) is 0 Å². The topological polar surface area (TPSA) is 57.5 Å². The second-order valence-corrected chi connectivity index (χ2v) is 4.43. The Morgan fingerprint density at radius 1 is 1.57 bits per heavy atom. The number of carboxylic acid groups (broad SMARTS) is 1. The van der Waals surface area contributed by atoms with Gasteiger partial charge in [0.1, 0.15) is 6.10 Å². The van der Waals surface area contributed by atoms with Crippen molar-refractivity contribution in [1.82, 2.24) is 0 Å². The highest BCUT2D eigenvalue weighted by Crippen LogP contribution is 2.28. The molecule has 0 aliphatic heterocycles. The third-order valence-corrected chi connectivity index (χ3v) is 3.49. The van der Waals surface area contributed by atoms with Gasteiger partial charge in [-0.2, -0.15) is 0 Å². The second kappa shape index (κ2) is 4.57. The minimum Gasteiger partial charge on any atom is -0.481 e. The normalized spacial score (nSPS) is 15.1. The van der Waals surface area contributed by atoms with Crippen molar-refractivity contribution in [2.45, 2.75) is 26.4 Å². The van der Waals surface area contributed by atoms with Crippen molar-refractivity contribution < 1.29 is 15.0 Å². The van der Waals surface area contributed by atoms with E-state index in [2.05, 4.69) is 0 Å². The molecule has 1 aromatic rings. The molecular formula is C10H14O3S. The largest absolute Gasteiger partial charge is 0.481 e. The fraction of sp³-hybridized carbons (Fsp3) is 0.500. The molecule has 2 N–H and O–H groups in total. The lowest BCUT2D eigenvalue weighted by Crippen LogP contribution is -2.17. The van der Waals surface area contributed by atoms with E-state index in [0.29, 0.717) is 0 Å². The number of hydrogen-bond donors (Lipinski definition) is 2. The predicted molar refractivity (Wildman–Crippen MR) is 55.5 cm³/mol. The van der Waals surface area contributed by atoms with Gasteiger partial charge in [-0.05, 0) is 25.5 Å². The summed E-state index contributed by atoms with van der Waals surface area (Å²) in [5.41, 5.74) is 0. The number of carboxylic acids is 1. The van der Waals surface area contributed by atoms with Crippen LogP contribution in [-0.4, -0.2) is 16.2 Å². The molecule has 0 aliphatic rings. The van der Waals surface area contributed by atoms with Gasteiger partial charge in [0.05, 0.1) is 5.92 Å². The summed E-state index contributed by atoms with van der Waals surface area (Å²) >= 11 is 1.47. The highest BCUT2D eigenvalue weighted by Gasteiger charge is 2.23. The molecule has 0 saturated heterocycles. The van der Waals surface area contributed by atoms with Crippen molar-refractivity contribution in [3.63, 3.8) is 0 Å². The molecule has 0 saturated carbocycles. The van der Waals surface area contributed by atoms with E-state index >= 15 is 0 Å². The Balaban J connectivity index is 2.78. The summed E-state index contributed by atoms with van der Waals surface area (Å²) in [6, 6.07) is 3.73. The Morgan fingerprint density at radius 2 is 2.21 bits per heavy atom. The van der Waals surface area contributed by atoms with Crippen LogP contribution >= 0.6 is 11.3 Å². The van der Waals surface area contributed by atoms with Crippen molar-refractivity contribution in [2.75, 3.05) is 0 Å². The van der Waals surface area contributed by atoms with Crippen LogP contribution in [0.15, 0.2) is 12.1 Å². The SMILES string of the molecule is CCc1ccc(C(O)C(C)C(=O)O)s1. The van der Waals surface area contributed by atoms with Crippen molar-refractivity contribution in [1.29, 1.82) is 0 Å². The van der Waals surface area contributed by atoms with Crippen LogP contribution in [0.3, 0.4) is 0 Å². The van der Waals surface area contributed by atoms with Crippen molar-refractivity contribution in [3.05, 3.63) is 21.9 Å². The molecular weight excluding hydrogens is 200 g/mol. The summed E-state index contributed by atoms with van der Waals surface area (Å²) in [5.74, 6) is -1.72. The van der Waals surface area contributed by atoms with Gasteiger partial charge in [0, 0.05) is 9.75 Å². The lowest BCUT2D eigenvalue weighted by Gasteiger charge is -2.12. The van der Waals surface area contributed by atoms with E-state index in [9.17, 15) is 9.90 Å². The van der Waals surface area contributed by atoms with Crippen molar-refractivity contribution in [2.24, 2.45) is 5.92 Å². The highest BCUT2D eigenvalue weighted by molar-refractivity contribution is 7.12. The maximum Gasteiger partial charge on any atom is 0.309 e. The average Bonchev–Trinajstić information content (AvgIpc) is 2.63. The van der Waals surface area contributed by atoms with Gasteiger partial charge in [0.2, 0.25) is 0 Å². The maximum atomic E-state index is 10.6. The number of aryl methyl sites for hydroxylation is 1. The number of thiophene rings is 1. The molecule has 0 fully saturated rings. The first-order chi connectivity index (χ1) is 6.56. The summed E-state index contributed by atoms with van der Waals surface area (Å²) in [6.07, 6.45) is 0.0246. The molecule has 0 spiro atoms. The summed E-state index contributed by atoms with van der Waals surface area (Å²) in [4.78, 5) is 12.5. The zero-order valence-corrected chi connectivity index (χ0v) is 9.04. The number of hydrogen-bond acceptors (Lipinski definition) is 3. The van der Waals surface area contributed by atoms with Crippen LogP contribution in [0.4, 0.5) is 0 Å². The first-order valence-corrected chi connectivity index (χ1v) is 5.37. The predicted octanol–water partition coefficient (Wildman–Crippen LogP) is 2.06. The fourth-order valence-electron chi connectivity index (χ4n) is 1.12. The first-order valence-electron chi connectivity index (χ1n) is 4.55. The fourth-order valence-corrected chi connectivity index (χ4v) is 2.17. The molecule has 78 valence electrons. The van der Waals surface area contributed by atoms with Crippen LogP contribution in [0.2, 0.25) is 0 Å². The van der Waals surface area contributed by atoms with Gasteiger partial charge in [-0.25, -0.2) is 0 Å². The summed E-state index contributed by atoms with van der Waals surface area (Å²) < 4.78 is 0. The minimum absolute atomic E-state index is 0.733. The highest BCUT2D eigenvalue weighted by atomic mass is 32.1. The van der Waals surface area contributed by atoms with E-state index in [1.165, 1.54) is 18.3 Å². The van der Waals surface area contributed by atoms with Gasteiger partial charge >= 0.3 is 5.97 Å². The Hall–Kier alpha value is -0.870. The molecule has 0 bridgehead atoms. The molecule has 1 aromatic heterocycles. The van der Waals surface area contributed by atoms with Crippen LogP contribution in [0.5, 0.6) is 0 Å². The van der Waals surface area contributed by atoms with Gasteiger partial charge in [0.25, 0.3) is 0 Å². The lowest BCUT2D eigenvalue weighted by molar-refractivity contribution is -0.144. The van der Waals surface area contributed by atoms with E-state index < -0.39 is 18.0 Å². The summed E-state index contributed by atoms with van der Waals surface area (Å²) in [6.45, 7) is 3.54. The molecule has 4 heteroatoms. The van der Waals surface area contributed by atoms with Crippen LogP contribution < -0.4 is 0 Å². The third-order valence-electron chi connectivity index (χ3n) is 2.19. The quantitative estimate of drug-likeness (QED) is 0.806. The van der Waals surface area contributed by atoms with Crippen LogP contribution in [-0.2, 0) is 11.2 Å². The van der Waals surface area contributed by atoms with E-state index in [1.54, 1.807) is 6.07 Å². The molecule has 3 nitrogen and oxygen atoms in total. The molecule has 1 rings (SSSR count). The van der Waals surface area contributed by atoms with Crippen molar-refractivity contribution >= 4 is 17.3 Å². The van der Waals surface area contributed by atoms with E-state index in [1.807, 2.05) is 13.0 Å². The number of carbonyl (C=O) groups is 1. The third kappa shape index (κ3) is 2.33. The molecule has 2 atom stereocenters. The minimum atomic E-state index is -0.969. The summed E-state index contributed by atoms with van der Waals surface area (Å²) in [5, 5.41) is 18.4. The van der Waals surface area contributed by atoms with E-state index in [0.717, 1.165) is 16.2 Å². The zero-order chi connectivity index (χ0) is 10.7. The Labute approximate surface area is 87.0 Å². The molecule has 0 aliphatic carbocycles. The first kappa shape index (κ1) is 11.2. The van der Waals surface area contributed by atoms with Crippen LogP contribution in [0.25, 0.3) is 0 Å². The number of aliphatic hydroxyl groups is 1. The number of aliphatic hydroxyl groups excluding tert-OH is 1. The van der Waals surface area contributed by atoms with Gasteiger partial charge < -0.3 is 10.2 Å².